The van der Waals surface area contributed by atoms with E-state index in [1.54, 1.807) is 6.20 Å². The summed E-state index contributed by atoms with van der Waals surface area (Å²) < 4.78 is 8.64. The zero-order valence-corrected chi connectivity index (χ0v) is 13.0. The largest absolute Gasteiger partial charge is 0.469 e. The molecule has 0 saturated heterocycles. The van der Waals surface area contributed by atoms with Crippen LogP contribution in [0.25, 0.3) is 0 Å². The molecular weight excluding hydrogens is 350 g/mol. The monoisotopic (exact) mass is 385 g/mol. The van der Waals surface area contributed by atoms with E-state index in [1.165, 1.54) is 27.6 Å². The second-order valence-electron chi connectivity index (χ2n) is 3.25. The van der Waals surface area contributed by atoms with E-state index in [2.05, 4.69) is 25.2 Å². The number of H-pyrrole nitrogens is 1. The number of ketones is 1. The van der Waals surface area contributed by atoms with Crippen LogP contribution in [0.2, 0.25) is 0 Å². The number of halogens is 1. The van der Waals surface area contributed by atoms with Gasteiger partial charge in [0.2, 0.25) is 0 Å². The molecule has 0 saturated carbocycles. The Morgan fingerprint density at radius 2 is 1.56 bits per heavy atom. The second-order valence-corrected chi connectivity index (χ2v) is 3.52. The molecule has 0 aliphatic carbocycles. The van der Waals surface area contributed by atoms with Gasteiger partial charge in [0, 0.05) is 11.9 Å². The van der Waals surface area contributed by atoms with E-state index in [1.807, 2.05) is 0 Å². The standard InChI is InChI=1S/C6H8N2O2.C5H7ClO3.CH5N.4CH4/c1-10-6(9)2-5-3-7-4-8-5;1-9-5(8)2-4(7)3-6;1-2;;;;/h3-4H,2H2,1H3,(H,7,8);2-3H2,1H3;2H2,1H3;4*1H4. The van der Waals surface area contributed by atoms with Crippen molar-refractivity contribution in [1.82, 2.24) is 9.97 Å². The maximum absolute atomic E-state index is 10.6. The van der Waals surface area contributed by atoms with E-state index in [9.17, 15) is 14.4 Å². The van der Waals surface area contributed by atoms with E-state index < -0.39 is 5.97 Å². The van der Waals surface area contributed by atoms with Gasteiger partial charge in [0.25, 0.3) is 0 Å². The van der Waals surface area contributed by atoms with E-state index in [4.69, 9.17) is 11.6 Å². The molecule has 152 valence electrons. The minimum absolute atomic E-state index is 0. The normalized spacial score (nSPS) is 7.08. The van der Waals surface area contributed by atoms with Crippen molar-refractivity contribution in [3.63, 3.8) is 0 Å². The van der Waals surface area contributed by atoms with Gasteiger partial charge in [-0.2, -0.15) is 0 Å². The third-order valence-electron chi connectivity index (χ3n) is 1.84. The predicted molar refractivity (Wildman–Crippen MR) is 104 cm³/mol. The number of methoxy groups -OCH3 is 2. The highest BCUT2D eigenvalue weighted by Gasteiger charge is 2.06. The average Bonchev–Trinajstić information content (AvgIpc) is 3.02. The van der Waals surface area contributed by atoms with Crippen LogP contribution in [-0.2, 0) is 30.3 Å². The molecule has 0 bridgehead atoms. The summed E-state index contributed by atoms with van der Waals surface area (Å²) in [7, 11) is 4.09. The lowest BCUT2D eigenvalue weighted by molar-refractivity contribution is -0.143. The number of esters is 2. The molecule has 0 amide bonds. The zero-order chi connectivity index (χ0) is 16.7. The molecule has 1 heterocycles. The number of Topliss-reactive ketones (excluding diaryl/α,β-unsaturated/α-hetero) is 1. The summed E-state index contributed by atoms with van der Waals surface area (Å²) in [4.78, 5) is 37.8. The zero-order valence-electron chi connectivity index (χ0n) is 12.2. The van der Waals surface area contributed by atoms with Gasteiger partial charge in [-0.25, -0.2) is 4.98 Å². The fraction of sp³-hybridized carbons (Fsp3) is 0.625. The number of alkyl halides is 1. The van der Waals surface area contributed by atoms with Crippen molar-refractivity contribution >= 4 is 29.3 Å². The van der Waals surface area contributed by atoms with Crippen LogP contribution in [0.4, 0.5) is 0 Å². The second kappa shape index (κ2) is 26.9. The summed E-state index contributed by atoms with van der Waals surface area (Å²) in [6, 6.07) is 0. The number of ether oxygens (including phenoxy) is 2. The van der Waals surface area contributed by atoms with Gasteiger partial charge in [0.1, 0.15) is 6.42 Å². The smallest absolute Gasteiger partial charge is 0.313 e. The molecular formula is C16H36ClN3O5. The van der Waals surface area contributed by atoms with Crippen LogP contribution in [0.5, 0.6) is 0 Å². The molecule has 0 radical (unpaired) electrons. The number of nitrogens with one attached hydrogen (secondary N) is 1. The van der Waals surface area contributed by atoms with Gasteiger partial charge in [-0.15, -0.1) is 11.6 Å². The Labute approximate surface area is 157 Å². The number of carbonyl (C=O) groups excluding carboxylic acids is 3. The minimum atomic E-state index is -0.541. The van der Waals surface area contributed by atoms with Crippen molar-refractivity contribution in [2.45, 2.75) is 42.5 Å². The SMILES string of the molecule is C.C.C.C.CN.COC(=O)CC(=O)CCl.COC(=O)Cc1cnc[nH]1. The van der Waals surface area contributed by atoms with Gasteiger partial charge < -0.3 is 20.2 Å². The van der Waals surface area contributed by atoms with Crippen LogP contribution >= 0.6 is 11.6 Å². The summed E-state index contributed by atoms with van der Waals surface area (Å²) in [5.41, 5.74) is 5.27. The first-order valence-corrected chi connectivity index (χ1v) is 6.33. The summed E-state index contributed by atoms with van der Waals surface area (Å²) >= 11 is 5.10. The van der Waals surface area contributed by atoms with Crippen molar-refractivity contribution in [2.24, 2.45) is 5.73 Å². The Kier molecular flexibility index (Phi) is 41.6. The maximum atomic E-state index is 10.6. The molecule has 0 aliphatic heterocycles. The van der Waals surface area contributed by atoms with Gasteiger partial charge >= 0.3 is 11.9 Å². The van der Waals surface area contributed by atoms with Gasteiger partial charge in [-0.05, 0) is 7.05 Å². The van der Waals surface area contributed by atoms with Gasteiger partial charge in [-0.1, -0.05) is 29.7 Å². The van der Waals surface area contributed by atoms with Gasteiger partial charge in [0.05, 0.1) is 32.8 Å². The van der Waals surface area contributed by atoms with Crippen molar-refractivity contribution in [3.8, 4) is 0 Å². The number of rotatable bonds is 5. The van der Waals surface area contributed by atoms with Crippen molar-refractivity contribution in [2.75, 3.05) is 27.1 Å². The third kappa shape index (κ3) is 24.4. The van der Waals surface area contributed by atoms with Crippen LogP contribution in [0.15, 0.2) is 12.5 Å². The Morgan fingerprint density at radius 3 is 1.88 bits per heavy atom. The molecule has 3 N–H and O–H groups in total. The Bertz CT molecular complexity index is 398. The number of aromatic nitrogens is 2. The van der Waals surface area contributed by atoms with Crippen molar-refractivity contribution in [1.29, 1.82) is 0 Å². The van der Waals surface area contributed by atoms with Crippen LogP contribution in [0, 0.1) is 0 Å². The van der Waals surface area contributed by atoms with Crippen molar-refractivity contribution in [3.05, 3.63) is 18.2 Å². The Hall–Kier alpha value is -1.93. The molecule has 25 heavy (non-hydrogen) atoms. The number of nitrogens with zero attached hydrogens (tertiary/aromatic N) is 1. The summed E-state index contributed by atoms with van der Waals surface area (Å²) in [6.07, 6.45) is 3.16. The lowest BCUT2D eigenvalue weighted by Crippen LogP contribution is -2.09. The highest BCUT2D eigenvalue weighted by molar-refractivity contribution is 6.28. The van der Waals surface area contributed by atoms with Crippen LogP contribution in [0.3, 0.4) is 0 Å². The quantitative estimate of drug-likeness (QED) is 0.453. The van der Waals surface area contributed by atoms with E-state index >= 15 is 0 Å². The summed E-state index contributed by atoms with van der Waals surface area (Å²) in [5, 5.41) is 0. The molecule has 0 aliphatic rings. The lowest BCUT2D eigenvalue weighted by atomic mass is 10.3. The number of hydrogen-bond acceptors (Lipinski definition) is 7. The topological polar surface area (TPSA) is 124 Å². The average molecular weight is 386 g/mol. The van der Waals surface area contributed by atoms with E-state index in [-0.39, 0.29) is 60.2 Å². The van der Waals surface area contributed by atoms with E-state index in [0.717, 1.165) is 5.69 Å². The highest BCUT2D eigenvalue weighted by atomic mass is 35.5. The molecule has 8 nitrogen and oxygen atoms in total. The van der Waals surface area contributed by atoms with E-state index in [0.29, 0.717) is 0 Å². The number of imidazole rings is 1. The fourth-order valence-electron chi connectivity index (χ4n) is 0.889. The number of aromatic amines is 1. The van der Waals surface area contributed by atoms with Crippen LogP contribution in [0.1, 0.15) is 41.8 Å². The van der Waals surface area contributed by atoms with Crippen LogP contribution < -0.4 is 5.73 Å². The van der Waals surface area contributed by atoms with Crippen LogP contribution in [-0.4, -0.2) is 54.8 Å². The molecule has 0 unspecified atom stereocenters. The molecule has 1 rings (SSSR count). The Morgan fingerprint density at radius 1 is 1.08 bits per heavy atom. The summed E-state index contributed by atoms with van der Waals surface area (Å²) in [6.45, 7) is 0. The third-order valence-corrected chi connectivity index (χ3v) is 2.13. The highest BCUT2D eigenvalue weighted by Crippen LogP contribution is 1.92. The van der Waals surface area contributed by atoms with Gasteiger partial charge in [-0.3, -0.25) is 14.4 Å². The number of hydrogen-bond donors (Lipinski definition) is 2. The molecule has 1 aromatic rings. The number of carbonyl (C=O) groups is 3. The van der Waals surface area contributed by atoms with Gasteiger partial charge in [0.15, 0.2) is 5.78 Å². The lowest BCUT2D eigenvalue weighted by Gasteiger charge is -1.93. The number of nitrogens with two attached hydrogens (primary N) is 1. The predicted octanol–water partition coefficient (Wildman–Crippen LogP) is 2.60. The molecule has 0 fully saturated rings. The maximum Gasteiger partial charge on any atom is 0.313 e. The first kappa shape index (κ1) is 38.6. The van der Waals surface area contributed by atoms with Crippen molar-refractivity contribution < 1.29 is 23.9 Å². The first-order valence-electron chi connectivity index (χ1n) is 5.79. The Balaban J connectivity index is -0.0000000575. The minimum Gasteiger partial charge on any atom is -0.469 e. The molecule has 1 aromatic heterocycles. The first-order chi connectivity index (χ1) is 10.0. The summed E-state index contributed by atoms with van der Waals surface area (Å²) in [5.74, 6) is -1.25. The molecule has 0 aromatic carbocycles. The fourth-order valence-corrected chi connectivity index (χ4v) is 0.984. The molecule has 9 heteroatoms. The molecule has 0 spiro atoms. The molecule has 0 atom stereocenters.